The van der Waals surface area contributed by atoms with E-state index in [2.05, 4.69) is 11.4 Å². The normalized spacial score (nSPS) is 19.0. The molecule has 2 fully saturated rings. The number of carbonyl (C=O) groups excluding carboxylic acids is 2. The number of likely N-dealkylation sites (tertiary alicyclic amines) is 1. The highest BCUT2D eigenvalue weighted by Crippen LogP contribution is 2.59. The fourth-order valence-corrected chi connectivity index (χ4v) is 5.47. The molecule has 2 heterocycles. The van der Waals surface area contributed by atoms with Gasteiger partial charge in [0, 0.05) is 43.3 Å². The van der Waals surface area contributed by atoms with E-state index >= 15 is 0 Å². The smallest absolute Gasteiger partial charge is 0.259 e. The summed E-state index contributed by atoms with van der Waals surface area (Å²) in [6, 6.07) is 13.4. The van der Waals surface area contributed by atoms with Gasteiger partial charge >= 0.3 is 0 Å². The van der Waals surface area contributed by atoms with Crippen LogP contribution in [0.3, 0.4) is 0 Å². The SMILES string of the molecule is Cc1cc(C)cc(NC(=O)[C@@H]2CC23CCN(C(=O)c2cn(C)c4ccccc4c2=O)CC3)c1. The summed E-state index contributed by atoms with van der Waals surface area (Å²) in [5, 5.41) is 3.64. The van der Waals surface area contributed by atoms with Crippen LogP contribution in [0.4, 0.5) is 5.69 Å². The molecule has 170 valence electrons. The fourth-order valence-electron chi connectivity index (χ4n) is 5.47. The predicted molar refractivity (Wildman–Crippen MR) is 129 cm³/mol. The molecular formula is C27H29N3O3. The minimum atomic E-state index is -0.217. The Labute approximate surface area is 193 Å². The third-order valence-electron chi connectivity index (χ3n) is 7.37. The van der Waals surface area contributed by atoms with Crippen molar-refractivity contribution < 1.29 is 9.59 Å². The Morgan fingerprint density at radius 3 is 2.39 bits per heavy atom. The van der Waals surface area contributed by atoms with Crippen LogP contribution in [-0.2, 0) is 11.8 Å². The number of fused-ring (bicyclic) bond motifs is 1. The molecule has 2 amide bonds. The number of piperidine rings is 1. The second-order valence-corrected chi connectivity index (χ2v) is 9.78. The summed E-state index contributed by atoms with van der Waals surface area (Å²) >= 11 is 0. The van der Waals surface area contributed by atoms with Crippen molar-refractivity contribution in [1.82, 2.24) is 9.47 Å². The van der Waals surface area contributed by atoms with Gasteiger partial charge in [0.1, 0.15) is 5.56 Å². The average Bonchev–Trinajstić information content (AvgIpc) is 3.49. The summed E-state index contributed by atoms with van der Waals surface area (Å²) in [6.07, 6.45) is 4.09. The van der Waals surface area contributed by atoms with Crippen molar-refractivity contribution in [2.75, 3.05) is 18.4 Å². The molecule has 1 aromatic heterocycles. The van der Waals surface area contributed by atoms with Gasteiger partial charge in [0.05, 0.1) is 5.52 Å². The first-order chi connectivity index (χ1) is 15.8. The maximum atomic E-state index is 13.2. The van der Waals surface area contributed by atoms with E-state index in [9.17, 15) is 14.4 Å². The van der Waals surface area contributed by atoms with Gasteiger partial charge in [-0.1, -0.05) is 18.2 Å². The molecular weight excluding hydrogens is 414 g/mol. The van der Waals surface area contributed by atoms with Crippen LogP contribution >= 0.6 is 0 Å². The molecule has 1 spiro atoms. The zero-order chi connectivity index (χ0) is 23.3. The highest BCUT2D eigenvalue weighted by molar-refractivity contribution is 5.98. The number of para-hydroxylation sites is 1. The van der Waals surface area contributed by atoms with Crippen molar-refractivity contribution in [2.24, 2.45) is 18.4 Å². The molecule has 1 atom stereocenters. The van der Waals surface area contributed by atoms with Crippen LogP contribution in [0.1, 0.15) is 40.7 Å². The fraction of sp³-hybridized carbons (Fsp3) is 0.370. The third-order valence-corrected chi connectivity index (χ3v) is 7.37. The molecule has 1 saturated carbocycles. The van der Waals surface area contributed by atoms with Gasteiger partial charge < -0.3 is 14.8 Å². The number of hydrogen-bond donors (Lipinski definition) is 1. The minimum absolute atomic E-state index is 0.0101. The van der Waals surface area contributed by atoms with Crippen molar-refractivity contribution >= 4 is 28.4 Å². The molecule has 0 bridgehead atoms. The Morgan fingerprint density at radius 2 is 1.70 bits per heavy atom. The lowest BCUT2D eigenvalue weighted by atomic mass is 9.90. The molecule has 6 nitrogen and oxygen atoms in total. The van der Waals surface area contributed by atoms with Gasteiger partial charge in [-0.15, -0.1) is 0 Å². The quantitative estimate of drug-likeness (QED) is 0.664. The zero-order valence-corrected chi connectivity index (χ0v) is 19.4. The number of aryl methyl sites for hydroxylation is 3. The molecule has 3 aromatic rings. The molecule has 33 heavy (non-hydrogen) atoms. The van der Waals surface area contributed by atoms with E-state index in [1.807, 2.05) is 55.8 Å². The molecule has 2 aliphatic rings. The maximum Gasteiger partial charge on any atom is 0.259 e. The van der Waals surface area contributed by atoms with Crippen molar-refractivity contribution in [3.63, 3.8) is 0 Å². The Bertz CT molecular complexity index is 1310. The summed E-state index contributed by atoms with van der Waals surface area (Å²) in [7, 11) is 1.85. The first-order valence-corrected chi connectivity index (χ1v) is 11.5. The van der Waals surface area contributed by atoms with Crippen LogP contribution in [0.5, 0.6) is 0 Å². The van der Waals surface area contributed by atoms with E-state index < -0.39 is 0 Å². The van der Waals surface area contributed by atoms with Crippen LogP contribution in [0.15, 0.2) is 53.5 Å². The molecule has 5 rings (SSSR count). The van der Waals surface area contributed by atoms with Gasteiger partial charge in [0.25, 0.3) is 5.91 Å². The largest absolute Gasteiger partial charge is 0.350 e. The Morgan fingerprint density at radius 1 is 1.03 bits per heavy atom. The Balaban J connectivity index is 1.26. The number of benzene rings is 2. The topological polar surface area (TPSA) is 71.4 Å². The Kier molecular flexibility index (Phi) is 5.11. The van der Waals surface area contributed by atoms with Gasteiger partial charge in [0.2, 0.25) is 11.3 Å². The van der Waals surface area contributed by atoms with Crippen LogP contribution < -0.4 is 10.7 Å². The van der Waals surface area contributed by atoms with E-state index in [1.54, 1.807) is 17.2 Å². The van der Waals surface area contributed by atoms with Crippen molar-refractivity contribution in [2.45, 2.75) is 33.1 Å². The summed E-state index contributed by atoms with van der Waals surface area (Å²) < 4.78 is 1.84. The standard InChI is InChI=1S/C27H29N3O3/c1-17-12-18(2)14-19(13-17)28-25(32)22-15-27(22)8-10-30(11-9-27)26(33)21-16-29(3)23-7-5-4-6-20(23)24(21)31/h4-7,12-14,16,22H,8-11,15H2,1-3H3,(H,28,32)/t22-/m0/s1. The number of nitrogens with one attached hydrogen (secondary N) is 1. The lowest BCUT2D eigenvalue weighted by Crippen LogP contribution is -2.42. The number of amides is 2. The van der Waals surface area contributed by atoms with Crippen LogP contribution in [0.2, 0.25) is 0 Å². The first-order valence-electron chi connectivity index (χ1n) is 11.5. The number of rotatable bonds is 3. The number of nitrogens with zero attached hydrogens (tertiary/aromatic N) is 2. The molecule has 0 unspecified atom stereocenters. The lowest BCUT2D eigenvalue weighted by molar-refractivity contribution is -0.118. The molecule has 1 aliphatic carbocycles. The van der Waals surface area contributed by atoms with Gasteiger partial charge in [-0.25, -0.2) is 0 Å². The molecule has 1 N–H and O–H groups in total. The third kappa shape index (κ3) is 3.84. The molecule has 0 radical (unpaired) electrons. The van der Waals surface area contributed by atoms with Crippen LogP contribution in [-0.4, -0.2) is 34.4 Å². The van der Waals surface area contributed by atoms with E-state index in [4.69, 9.17) is 0 Å². The number of hydrogen-bond acceptors (Lipinski definition) is 3. The summed E-state index contributed by atoms with van der Waals surface area (Å²) in [5.41, 5.74) is 3.89. The summed E-state index contributed by atoms with van der Waals surface area (Å²) in [6.45, 7) is 5.19. The predicted octanol–water partition coefficient (Wildman–Crippen LogP) is 4.04. The van der Waals surface area contributed by atoms with E-state index in [0.717, 1.165) is 41.6 Å². The first kappa shape index (κ1) is 21.4. The second-order valence-electron chi connectivity index (χ2n) is 9.78. The number of carbonyl (C=O) groups is 2. The minimum Gasteiger partial charge on any atom is -0.350 e. The van der Waals surface area contributed by atoms with Crippen molar-refractivity contribution in [1.29, 1.82) is 0 Å². The number of pyridine rings is 1. The summed E-state index contributed by atoms with van der Waals surface area (Å²) in [4.78, 5) is 40.8. The maximum absolute atomic E-state index is 13.2. The number of anilines is 1. The van der Waals surface area contributed by atoms with E-state index in [1.165, 1.54) is 0 Å². The van der Waals surface area contributed by atoms with Gasteiger partial charge in [-0.05, 0) is 73.9 Å². The number of aromatic nitrogens is 1. The zero-order valence-electron chi connectivity index (χ0n) is 19.4. The average molecular weight is 444 g/mol. The van der Waals surface area contributed by atoms with Crippen LogP contribution in [0, 0.1) is 25.2 Å². The van der Waals surface area contributed by atoms with Crippen molar-refractivity contribution in [3.8, 4) is 0 Å². The van der Waals surface area contributed by atoms with Gasteiger partial charge in [0.15, 0.2) is 0 Å². The molecule has 6 heteroatoms. The monoisotopic (exact) mass is 443 g/mol. The lowest BCUT2D eigenvalue weighted by Gasteiger charge is -2.33. The molecule has 1 aliphatic heterocycles. The highest BCUT2D eigenvalue weighted by Gasteiger charge is 2.58. The summed E-state index contributed by atoms with van der Waals surface area (Å²) in [5.74, 6) is -0.152. The van der Waals surface area contributed by atoms with Gasteiger partial charge in [-0.2, -0.15) is 0 Å². The Hall–Kier alpha value is -3.41. The van der Waals surface area contributed by atoms with Gasteiger partial charge in [-0.3, -0.25) is 14.4 Å². The van der Waals surface area contributed by atoms with E-state index in [-0.39, 0.29) is 34.1 Å². The highest BCUT2D eigenvalue weighted by atomic mass is 16.2. The van der Waals surface area contributed by atoms with E-state index in [0.29, 0.717) is 18.5 Å². The van der Waals surface area contributed by atoms with Crippen molar-refractivity contribution in [3.05, 3.63) is 75.6 Å². The second kappa shape index (κ2) is 7.87. The van der Waals surface area contributed by atoms with Crippen LogP contribution in [0.25, 0.3) is 10.9 Å². The molecule has 1 saturated heterocycles. The molecule has 2 aromatic carbocycles.